The van der Waals surface area contributed by atoms with Crippen LogP contribution in [0.3, 0.4) is 0 Å². The van der Waals surface area contributed by atoms with E-state index in [-0.39, 0.29) is 5.91 Å². The van der Waals surface area contributed by atoms with Crippen molar-refractivity contribution in [2.24, 2.45) is 0 Å². The Balaban J connectivity index is 1.79. The molecule has 0 atom stereocenters. The number of ether oxygens (including phenoxy) is 1. The van der Waals surface area contributed by atoms with Crippen LogP contribution in [0, 0.1) is 0 Å². The molecule has 4 nitrogen and oxygen atoms in total. The SMILES string of the molecule is COc1ccccc1C(=O)Nc1nc(-c2ccc(Br)s2)cs1. The Bertz CT molecular complexity index is 813. The number of rotatable bonds is 4. The van der Waals surface area contributed by atoms with Crippen LogP contribution >= 0.6 is 38.6 Å². The van der Waals surface area contributed by atoms with Crippen LogP contribution in [0.1, 0.15) is 10.4 Å². The molecule has 0 bridgehead atoms. The number of nitrogens with one attached hydrogen (secondary N) is 1. The molecular formula is C15H11BrN2O2S2. The van der Waals surface area contributed by atoms with E-state index in [1.165, 1.54) is 11.3 Å². The summed E-state index contributed by atoms with van der Waals surface area (Å²) >= 11 is 6.43. The molecule has 0 saturated heterocycles. The highest BCUT2D eigenvalue weighted by molar-refractivity contribution is 9.11. The van der Waals surface area contributed by atoms with Crippen molar-refractivity contribution in [1.29, 1.82) is 0 Å². The Morgan fingerprint density at radius 1 is 1.27 bits per heavy atom. The van der Waals surface area contributed by atoms with Crippen LogP contribution in [0.4, 0.5) is 5.13 Å². The molecule has 22 heavy (non-hydrogen) atoms. The zero-order valence-corrected chi connectivity index (χ0v) is 14.7. The molecule has 0 unspecified atom stereocenters. The van der Waals surface area contributed by atoms with Gasteiger partial charge in [-0.25, -0.2) is 4.98 Å². The molecule has 2 heterocycles. The first-order chi connectivity index (χ1) is 10.7. The molecule has 0 radical (unpaired) electrons. The van der Waals surface area contributed by atoms with Crippen LogP contribution in [0.15, 0.2) is 45.6 Å². The van der Waals surface area contributed by atoms with Gasteiger partial charge in [0.15, 0.2) is 5.13 Å². The molecular weight excluding hydrogens is 384 g/mol. The van der Waals surface area contributed by atoms with Crippen LogP contribution < -0.4 is 10.1 Å². The molecule has 1 amide bonds. The van der Waals surface area contributed by atoms with Crippen molar-refractivity contribution < 1.29 is 9.53 Å². The first kappa shape index (κ1) is 15.2. The average molecular weight is 395 g/mol. The molecule has 0 saturated carbocycles. The van der Waals surface area contributed by atoms with Crippen LogP contribution in [0.25, 0.3) is 10.6 Å². The van der Waals surface area contributed by atoms with Crippen LogP contribution in [0.5, 0.6) is 5.75 Å². The second-order valence-corrected chi connectivity index (χ2v) is 7.62. The number of hydrogen-bond donors (Lipinski definition) is 1. The van der Waals surface area contributed by atoms with E-state index in [0.717, 1.165) is 14.4 Å². The second-order valence-electron chi connectivity index (χ2n) is 4.30. The first-order valence-electron chi connectivity index (χ1n) is 6.33. The lowest BCUT2D eigenvalue weighted by Crippen LogP contribution is -2.12. The van der Waals surface area contributed by atoms with E-state index < -0.39 is 0 Å². The fourth-order valence-electron chi connectivity index (χ4n) is 1.89. The van der Waals surface area contributed by atoms with Crippen LogP contribution in [-0.4, -0.2) is 18.0 Å². The fraction of sp³-hybridized carbons (Fsp3) is 0.0667. The molecule has 1 aromatic carbocycles. The lowest BCUT2D eigenvalue weighted by molar-refractivity contribution is 0.102. The predicted octanol–water partition coefficient (Wildman–Crippen LogP) is 4.90. The van der Waals surface area contributed by atoms with Gasteiger partial charge in [0.1, 0.15) is 5.75 Å². The number of nitrogens with zero attached hydrogens (tertiary/aromatic N) is 1. The van der Waals surface area contributed by atoms with Gasteiger partial charge >= 0.3 is 0 Å². The van der Waals surface area contributed by atoms with Crippen LogP contribution in [0.2, 0.25) is 0 Å². The Hall–Kier alpha value is -1.70. The number of hydrogen-bond acceptors (Lipinski definition) is 5. The Morgan fingerprint density at radius 3 is 2.82 bits per heavy atom. The number of aromatic nitrogens is 1. The molecule has 0 aliphatic heterocycles. The largest absolute Gasteiger partial charge is 0.496 e. The number of amides is 1. The lowest BCUT2D eigenvalue weighted by Gasteiger charge is -2.06. The van der Waals surface area contributed by atoms with Crippen LogP contribution in [-0.2, 0) is 0 Å². The van der Waals surface area contributed by atoms with Gasteiger partial charge in [-0.15, -0.1) is 22.7 Å². The summed E-state index contributed by atoms with van der Waals surface area (Å²) in [7, 11) is 1.54. The maximum atomic E-state index is 12.3. The van der Waals surface area contributed by atoms with Gasteiger partial charge in [0.2, 0.25) is 0 Å². The quantitative estimate of drug-likeness (QED) is 0.684. The summed E-state index contributed by atoms with van der Waals surface area (Å²) in [6.07, 6.45) is 0. The van der Waals surface area contributed by atoms with Gasteiger partial charge < -0.3 is 4.74 Å². The van der Waals surface area contributed by atoms with Crippen molar-refractivity contribution in [2.75, 3.05) is 12.4 Å². The van der Waals surface area contributed by atoms with E-state index >= 15 is 0 Å². The van der Waals surface area contributed by atoms with Gasteiger partial charge in [-0.3, -0.25) is 10.1 Å². The summed E-state index contributed by atoms with van der Waals surface area (Å²) in [6, 6.07) is 11.1. The first-order valence-corrected chi connectivity index (χ1v) is 8.82. The van der Waals surface area contributed by atoms with Crippen molar-refractivity contribution in [3.05, 3.63) is 51.1 Å². The fourth-order valence-corrected chi connectivity index (χ4v) is 4.02. The normalized spacial score (nSPS) is 10.5. The van der Waals surface area contributed by atoms with Crippen molar-refractivity contribution in [3.8, 4) is 16.3 Å². The zero-order chi connectivity index (χ0) is 15.5. The molecule has 2 aromatic heterocycles. The number of carbonyl (C=O) groups excluding carboxylic acids is 1. The topological polar surface area (TPSA) is 51.2 Å². The van der Waals surface area contributed by atoms with E-state index in [0.29, 0.717) is 16.4 Å². The van der Waals surface area contributed by atoms with E-state index in [2.05, 4.69) is 26.2 Å². The number of methoxy groups -OCH3 is 1. The van der Waals surface area contributed by atoms with Crippen molar-refractivity contribution in [1.82, 2.24) is 4.98 Å². The summed E-state index contributed by atoms with van der Waals surface area (Å²) in [6.45, 7) is 0. The summed E-state index contributed by atoms with van der Waals surface area (Å²) in [5.74, 6) is 0.310. The van der Waals surface area contributed by atoms with Gasteiger partial charge in [0.05, 0.1) is 27.0 Å². The third kappa shape index (κ3) is 3.21. The molecule has 3 aromatic rings. The Morgan fingerprint density at radius 2 is 2.09 bits per heavy atom. The van der Waals surface area contributed by atoms with Crippen molar-refractivity contribution >= 4 is 49.6 Å². The highest BCUT2D eigenvalue weighted by Gasteiger charge is 2.14. The number of thiazole rings is 1. The highest BCUT2D eigenvalue weighted by Crippen LogP contribution is 2.33. The molecule has 112 valence electrons. The standard InChI is InChI=1S/C15H11BrN2O2S2/c1-20-11-5-3-2-4-9(11)14(19)18-15-17-10(8-21-15)12-6-7-13(16)22-12/h2-8H,1H3,(H,17,18,19). The maximum Gasteiger partial charge on any atom is 0.261 e. The molecule has 0 spiro atoms. The van der Waals surface area contributed by atoms with Crippen molar-refractivity contribution in [3.63, 3.8) is 0 Å². The monoisotopic (exact) mass is 394 g/mol. The molecule has 7 heteroatoms. The van der Waals surface area contributed by atoms with E-state index in [1.54, 1.807) is 36.6 Å². The van der Waals surface area contributed by atoms with E-state index in [4.69, 9.17) is 4.74 Å². The van der Waals surface area contributed by atoms with E-state index in [9.17, 15) is 4.79 Å². The average Bonchev–Trinajstić information content (AvgIpc) is 3.16. The van der Waals surface area contributed by atoms with Gasteiger partial charge in [-0.2, -0.15) is 0 Å². The second kappa shape index (κ2) is 6.60. The van der Waals surface area contributed by atoms with Gasteiger partial charge in [0, 0.05) is 5.38 Å². The number of para-hydroxylation sites is 1. The zero-order valence-electron chi connectivity index (χ0n) is 11.5. The minimum absolute atomic E-state index is 0.231. The summed E-state index contributed by atoms with van der Waals surface area (Å²) in [4.78, 5) is 17.8. The Kier molecular flexibility index (Phi) is 4.56. The van der Waals surface area contributed by atoms with E-state index in [1.807, 2.05) is 23.6 Å². The van der Waals surface area contributed by atoms with Crippen molar-refractivity contribution in [2.45, 2.75) is 0 Å². The minimum atomic E-state index is -0.231. The summed E-state index contributed by atoms with van der Waals surface area (Å²) in [5, 5.41) is 5.30. The number of benzene rings is 1. The molecule has 3 rings (SSSR count). The maximum absolute atomic E-state index is 12.3. The third-order valence-corrected chi connectivity index (χ3v) is 5.31. The van der Waals surface area contributed by atoms with Gasteiger partial charge in [-0.1, -0.05) is 12.1 Å². The predicted molar refractivity (Wildman–Crippen MR) is 94.1 cm³/mol. The summed E-state index contributed by atoms with van der Waals surface area (Å²) < 4.78 is 6.25. The number of thiophene rings is 1. The van der Waals surface area contributed by atoms with Gasteiger partial charge in [-0.05, 0) is 40.2 Å². The molecule has 1 N–H and O–H groups in total. The highest BCUT2D eigenvalue weighted by atomic mass is 79.9. The summed E-state index contributed by atoms with van der Waals surface area (Å²) in [5.41, 5.74) is 1.34. The number of halogens is 1. The minimum Gasteiger partial charge on any atom is -0.496 e. The van der Waals surface area contributed by atoms with Gasteiger partial charge in [0.25, 0.3) is 5.91 Å². The lowest BCUT2D eigenvalue weighted by atomic mass is 10.2. The molecule has 0 aliphatic carbocycles. The number of anilines is 1. The smallest absolute Gasteiger partial charge is 0.261 e. The number of carbonyl (C=O) groups is 1. The molecule has 0 aliphatic rings. The third-order valence-electron chi connectivity index (χ3n) is 2.90. The molecule has 0 fully saturated rings. The Labute approximate surface area is 143 Å².